The van der Waals surface area contributed by atoms with E-state index >= 15 is 0 Å². The molecule has 11 nitrogen and oxygen atoms in total. The van der Waals surface area contributed by atoms with Gasteiger partial charge in [0.2, 0.25) is 0 Å². The number of nitrogens with one attached hydrogen (secondary N) is 1. The lowest BCUT2D eigenvalue weighted by Gasteiger charge is -2.45. The number of rotatable bonds is 4. The van der Waals surface area contributed by atoms with Gasteiger partial charge in [-0.3, -0.25) is 4.90 Å². The van der Waals surface area contributed by atoms with E-state index in [1.807, 2.05) is 34.6 Å². The van der Waals surface area contributed by atoms with Crippen molar-refractivity contribution in [1.29, 1.82) is 5.26 Å². The van der Waals surface area contributed by atoms with E-state index in [9.17, 15) is 10.1 Å². The summed E-state index contributed by atoms with van der Waals surface area (Å²) in [6, 6.07) is 3.96. The minimum absolute atomic E-state index is 0.0566. The Morgan fingerprint density at radius 3 is 2.71 bits per heavy atom. The first-order chi connectivity index (χ1) is 18.1. The predicted molar refractivity (Wildman–Crippen MR) is 144 cm³/mol. The number of carbonyl (C=O) groups is 1. The van der Waals surface area contributed by atoms with Gasteiger partial charge in [0.25, 0.3) is 0 Å². The number of hydrogen-bond acceptors (Lipinski definition) is 8. The van der Waals surface area contributed by atoms with Gasteiger partial charge in [-0.15, -0.1) is 0 Å². The Hall–Kier alpha value is -3.62. The first-order valence-electron chi connectivity index (χ1n) is 12.8. The molecule has 12 heteroatoms. The van der Waals surface area contributed by atoms with Gasteiger partial charge in [-0.05, 0) is 40.7 Å². The maximum atomic E-state index is 12.4. The zero-order valence-corrected chi connectivity index (χ0v) is 23.0. The van der Waals surface area contributed by atoms with Gasteiger partial charge in [-0.2, -0.15) is 10.4 Å². The topological polar surface area (TPSA) is 138 Å². The van der Waals surface area contributed by atoms with E-state index < -0.39 is 0 Å². The highest BCUT2D eigenvalue weighted by atomic mass is 35.5. The average molecular weight is 538 g/mol. The van der Waals surface area contributed by atoms with E-state index in [0.29, 0.717) is 59.4 Å². The van der Waals surface area contributed by atoms with Crippen molar-refractivity contribution in [1.82, 2.24) is 34.9 Å². The van der Waals surface area contributed by atoms with E-state index in [-0.39, 0.29) is 30.3 Å². The van der Waals surface area contributed by atoms with Crippen LogP contribution in [0.15, 0.2) is 12.4 Å². The molecule has 2 unspecified atom stereocenters. The molecule has 1 saturated heterocycles. The Bertz CT molecular complexity index is 1440. The second kappa shape index (κ2) is 9.93. The third-order valence-corrected chi connectivity index (χ3v) is 7.53. The molecule has 0 saturated carbocycles. The zero-order valence-electron chi connectivity index (χ0n) is 22.2. The van der Waals surface area contributed by atoms with E-state index in [0.717, 1.165) is 16.8 Å². The molecule has 2 amide bonds. The standard InChI is InChI=1S/C26H32ClN9O2/c1-13(2)32-26(37)35-9-17(10-35)34-8-14(3)38-23-18(6-21(27)19(7-28)20(23)11-34)16(5)36-25-22(15(4)33-36)24(29)30-12-31-25/h6,12-14,16-17H,8-11H2,1-5H3,(H,32,37)(H2,29,30,31). The quantitative estimate of drug-likeness (QED) is 0.517. The number of likely N-dealkylation sites (tertiary alicyclic amines) is 1. The molecular weight excluding hydrogens is 506 g/mol. The van der Waals surface area contributed by atoms with Crippen LogP contribution in [0, 0.1) is 18.3 Å². The number of amides is 2. The van der Waals surface area contributed by atoms with Crippen LogP contribution in [0.4, 0.5) is 10.6 Å². The Kier molecular flexibility index (Phi) is 6.79. The van der Waals surface area contributed by atoms with Crippen LogP contribution < -0.4 is 15.8 Å². The van der Waals surface area contributed by atoms with Crippen molar-refractivity contribution >= 4 is 34.5 Å². The Balaban J connectivity index is 1.51. The van der Waals surface area contributed by atoms with Crippen molar-refractivity contribution in [2.75, 3.05) is 25.4 Å². The molecule has 1 fully saturated rings. The molecule has 2 atom stereocenters. The molecule has 3 N–H and O–H groups in total. The van der Waals surface area contributed by atoms with Gasteiger partial charge in [0.15, 0.2) is 5.65 Å². The van der Waals surface area contributed by atoms with Gasteiger partial charge < -0.3 is 20.7 Å². The predicted octanol–water partition coefficient (Wildman–Crippen LogP) is 3.24. The molecular formula is C26H32ClN9O2. The highest BCUT2D eigenvalue weighted by molar-refractivity contribution is 6.32. The summed E-state index contributed by atoms with van der Waals surface area (Å²) >= 11 is 6.69. The van der Waals surface area contributed by atoms with E-state index in [2.05, 4.69) is 26.3 Å². The number of fused-ring (bicyclic) bond motifs is 2. The largest absolute Gasteiger partial charge is 0.489 e. The van der Waals surface area contributed by atoms with Gasteiger partial charge in [0.1, 0.15) is 30.1 Å². The van der Waals surface area contributed by atoms with Crippen LogP contribution in [0.2, 0.25) is 5.02 Å². The summed E-state index contributed by atoms with van der Waals surface area (Å²) < 4.78 is 8.30. The number of nitrogens with zero attached hydrogens (tertiary/aromatic N) is 7. The van der Waals surface area contributed by atoms with Crippen LogP contribution in [-0.4, -0.2) is 73.4 Å². The number of anilines is 1. The molecule has 2 aliphatic heterocycles. The maximum absolute atomic E-state index is 12.4. The first kappa shape index (κ1) is 26.0. The van der Waals surface area contributed by atoms with Crippen molar-refractivity contribution in [3.05, 3.63) is 39.8 Å². The summed E-state index contributed by atoms with van der Waals surface area (Å²) in [5.74, 6) is 1.02. The third-order valence-electron chi connectivity index (χ3n) is 7.23. The van der Waals surface area contributed by atoms with Crippen molar-refractivity contribution in [2.45, 2.75) is 65.4 Å². The van der Waals surface area contributed by atoms with Crippen LogP contribution in [0.3, 0.4) is 0 Å². The number of hydrogen-bond donors (Lipinski definition) is 2. The summed E-state index contributed by atoms with van der Waals surface area (Å²) in [6.07, 6.45) is 1.27. The van der Waals surface area contributed by atoms with Crippen LogP contribution in [-0.2, 0) is 6.54 Å². The molecule has 0 bridgehead atoms. The van der Waals surface area contributed by atoms with Crippen LogP contribution in [0.5, 0.6) is 5.75 Å². The number of nitriles is 1. The molecule has 4 heterocycles. The number of urea groups is 1. The number of carbonyl (C=O) groups excluding carboxylic acids is 1. The lowest BCUT2D eigenvalue weighted by Crippen LogP contribution is -2.63. The molecule has 3 aromatic rings. The number of aryl methyl sites for hydroxylation is 1. The number of ether oxygens (including phenoxy) is 1. The van der Waals surface area contributed by atoms with E-state index in [4.69, 9.17) is 27.2 Å². The lowest BCUT2D eigenvalue weighted by molar-refractivity contribution is 0.0360. The highest BCUT2D eigenvalue weighted by Crippen LogP contribution is 2.41. The van der Waals surface area contributed by atoms with Gasteiger partial charge in [-0.25, -0.2) is 19.4 Å². The average Bonchev–Trinajstić information content (AvgIpc) is 3.06. The fraction of sp³-hybridized carbons (Fsp3) is 0.500. The van der Waals surface area contributed by atoms with Crippen LogP contribution in [0.25, 0.3) is 11.0 Å². The molecule has 5 rings (SSSR count). The van der Waals surface area contributed by atoms with Gasteiger partial charge in [-0.1, -0.05) is 11.6 Å². The van der Waals surface area contributed by atoms with Crippen molar-refractivity contribution in [3.8, 4) is 11.8 Å². The fourth-order valence-electron chi connectivity index (χ4n) is 5.30. The Morgan fingerprint density at radius 2 is 2.03 bits per heavy atom. The number of aromatic nitrogens is 4. The number of halogens is 1. The SMILES string of the molecule is Cc1nn(C(C)c2cc(Cl)c(C#N)c3c2OC(C)CN(C2CN(C(=O)NC(C)C)C2)C3)c2ncnc(N)c12. The molecule has 38 heavy (non-hydrogen) atoms. The summed E-state index contributed by atoms with van der Waals surface area (Å²) in [5.41, 5.74) is 9.42. The first-order valence-corrected chi connectivity index (χ1v) is 13.1. The molecule has 0 spiro atoms. The number of benzene rings is 1. The third kappa shape index (κ3) is 4.48. The molecule has 0 radical (unpaired) electrons. The van der Waals surface area contributed by atoms with Crippen molar-refractivity contribution in [3.63, 3.8) is 0 Å². The second-order valence-corrected chi connectivity index (χ2v) is 10.8. The van der Waals surface area contributed by atoms with E-state index in [1.165, 1.54) is 6.33 Å². The lowest BCUT2D eigenvalue weighted by atomic mass is 9.97. The minimum atomic E-state index is -0.308. The minimum Gasteiger partial charge on any atom is -0.489 e. The van der Waals surface area contributed by atoms with Crippen LogP contribution in [0.1, 0.15) is 56.1 Å². The Labute approximate surface area is 226 Å². The highest BCUT2D eigenvalue weighted by Gasteiger charge is 2.38. The normalized spacial score (nSPS) is 18.9. The van der Waals surface area contributed by atoms with Crippen LogP contribution >= 0.6 is 11.6 Å². The molecule has 1 aromatic carbocycles. The summed E-state index contributed by atoms with van der Waals surface area (Å²) in [7, 11) is 0. The van der Waals surface area contributed by atoms with Crippen molar-refractivity contribution < 1.29 is 9.53 Å². The fourth-order valence-corrected chi connectivity index (χ4v) is 5.58. The molecule has 0 aliphatic carbocycles. The van der Waals surface area contributed by atoms with Gasteiger partial charge >= 0.3 is 6.03 Å². The number of nitrogen functional groups attached to an aromatic ring is 1. The smallest absolute Gasteiger partial charge is 0.317 e. The van der Waals surface area contributed by atoms with Crippen molar-refractivity contribution in [2.24, 2.45) is 0 Å². The van der Waals surface area contributed by atoms with E-state index in [1.54, 1.807) is 15.6 Å². The Morgan fingerprint density at radius 1 is 1.29 bits per heavy atom. The number of nitrogens with two attached hydrogens (primary N) is 1. The molecule has 2 aromatic heterocycles. The second-order valence-electron chi connectivity index (χ2n) is 10.4. The molecule has 2 aliphatic rings. The summed E-state index contributed by atoms with van der Waals surface area (Å²) in [5, 5.41) is 18.8. The monoisotopic (exact) mass is 537 g/mol. The summed E-state index contributed by atoms with van der Waals surface area (Å²) in [4.78, 5) is 25.0. The van der Waals surface area contributed by atoms with Gasteiger partial charge in [0, 0.05) is 49.4 Å². The molecule has 200 valence electrons. The zero-order chi connectivity index (χ0) is 27.3. The summed E-state index contributed by atoms with van der Waals surface area (Å²) in [6.45, 7) is 12.2. The maximum Gasteiger partial charge on any atom is 0.317 e. The van der Waals surface area contributed by atoms with Gasteiger partial charge in [0.05, 0.1) is 27.7 Å².